The maximum absolute atomic E-state index is 10.2. The van der Waals surface area contributed by atoms with E-state index < -0.39 is 51.8 Å². The van der Waals surface area contributed by atoms with Crippen molar-refractivity contribution in [1.29, 1.82) is 0 Å². The van der Waals surface area contributed by atoms with Gasteiger partial charge in [0.05, 0.1) is 17.9 Å². The number of phenolic OH excluding ortho intramolecular Hbond substituents is 3. The number of benzene rings is 3. The van der Waals surface area contributed by atoms with Gasteiger partial charge in [-0.25, -0.2) is 0 Å². The second kappa shape index (κ2) is 13.3. The minimum atomic E-state index is -1.52. The molecule has 34 heavy (non-hydrogen) atoms. The Morgan fingerprint density at radius 3 is 0.824 bits per heavy atom. The molecule has 0 aliphatic heterocycles. The molecule has 0 aromatic heterocycles. The summed E-state index contributed by atoms with van der Waals surface area (Å²) in [4.78, 5) is 30.6. The van der Waals surface area contributed by atoms with Crippen molar-refractivity contribution in [3.63, 3.8) is 0 Å². The number of carbonyl (C=O) groups excluding carboxylic acids is 3. The summed E-state index contributed by atoms with van der Waals surface area (Å²) in [6, 6.07) is 9.56. The number of phenols is 6. The molecule has 0 amide bonds. The average Bonchev–Trinajstić information content (AvgIpc) is 2.73. The van der Waals surface area contributed by atoms with Gasteiger partial charge in [-0.1, -0.05) is 0 Å². The van der Waals surface area contributed by atoms with Crippen molar-refractivity contribution in [3.05, 3.63) is 71.3 Å². The van der Waals surface area contributed by atoms with Gasteiger partial charge in [0, 0.05) is 16.7 Å². The zero-order valence-corrected chi connectivity index (χ0v) is 20.3. The molecule has 12 nitrogen and oxygen atoms in total. The summed E-state index contributed by atoms with van der Waals surface area (Å²) in [6.45, 7) is 0. The first kappa shape index (κ1) is 29.8. The molecule has 0 heterocycles. The number of carboxylic acids is 3. The average molecular weight is 668 g/mol. The quantitative estimate of drug-likeness (QED) is 0.131. The Balaban J connectivity index is 0.000000473. The van der Waals surface area contributed by atoms with Crippen LogP contribution in [0, 0.1) is 0 Å². The maximum Gasteiger partial charge on any atom is 3.00 e. The summed E-state index contributed by atoms with van der Waals surface area (Å²) < 4.78 is 0. The molecule has 0 bridgehead atoms. The fourth-order valence-electron chi connectivity index (χ4n) is 2.06. The SMILES string of the molecule is O=C([O-])c1cc(O)ccc1O.O=C([O-])c1cc(O)ccc1O.O=C([O-])c1cc(O)ccc1O.[Bi+3]. The van der Waals surface area contributed by atoms with Gasteiger partial charge in [0.2, 0.25) is 0 Å². The van der Waals surface area contributed by atoms with E-state index >= 15 is 0 Å². The van der Waals surface area contributed by atoms with E-state index in [0.29, 0.717) is 0 Å². The minimum Gasteiger partial charge on any atom is -0.545 e. The summed E-state index contributed by atoms with van der Waals surface area (Å²) in [5.74, 6) is -6.45. The molecule has 0 unspecified atom stereocenters. The molecule has 0 aliphatic carbocycles. The molecule has 6 N–H and O–H groups in total. The van der Waals surface area contributed by atoms with Crippen LogP contribution in [0.25, 0.3) is 0 Å². The third-order valence-corrected chi connectivity index (χ3v) is 3.60. The molecule has 2 radical (unpaired) electrons. The van der Waals surface area contributed by atoms with Crippen molar-refractivity contribution in [3.8, 4) is 34.5 Å². The summed E-state index contributed by atoms with van der Waals surface area (Å²) in [5, 5.41) is 83.5. The van der Waals surface area contributed by atoms with Crippen LogP contribution in [0.2, 0.25) is 0 Å². The van der Waals surface area contributed by atoms with Crippen LogP contribution in [-0.4, -0.2) is 74.8 Å². The first-order chi connectivity index (χ1) is 15.3. The molecule has 176 valence electrons. The first-order valence-corrected chi connectivity index (χ1v) is 8.53. The van der Waals surface area contributed by atoms with Crippen LogP contribution in [-0.2, 0) is 0 Å². The monoisotopic (exact) mass is 668 g/mol. The number of aromatic carboxylic acids is 3. The van der Waals surface area contributed by atoms with Crippen LogP contribution in [0.5, 0.6) is 34.5 Å². The van der Waals surface area contributed by atoms with Gasteiger partial charge in [0.1, 0.15) is 34.5 Å². The molecule has 0 aliphatic rings. The third kappa shape index (κ3) is 9.09. The van der Waals surface area contributed by atoms with E-state index in [1.54, 1.807) is 0 Å². The Morgan fingerprint density at radius 2 is 0.676 bits per heavy atom. The van der Waals surface area contributed by atoms with Crippen molar-refractivity contribution in [2.24, 2.45) is 0 Å². The molecule has 0 spiro atoms. The molecular formula is C21H15BiO12. The van der Waals surface area contributed by atoms with E-state index in [9.17, 15) is 29.7 Å². The van der Waals surface area contributed by atoms with Gasteiger partial charge in [-0.3, -0.25) is 0 Å². The zero-order valence-electron chi connectivity index (χ0n) is 16.8. The fraction of sp³-hybridized carbons (Fsp3) is 0. The standard InChI is InChI=1S/3C7H6O4.Bi/c3*8-4-1-2-6(9)5(3-4)7(10)11;/h3*1-3,8-9H,(H,10,11);/q;;;+3/p-3. The molecule has 3 aromatic carbocycles. The third-order valence-electron chi connectivity index (χ3n) is 3.60. The summed E-state index contributed by atoms with van der Waals surface area (Å²) in [6.07, 6.45) is 0. The second-order valence-corrected chi connectivity index (χ2v) is 5.97. The number of hydrogen-bond donors (Lipinski definition) is 6. The molecule has 0 saturated heterocycles. The van der Waals surface area contributed by atoms with Crippen molar-refractivity contribution >= 4 is 44.1 Å². The van der Waals surface area contributed by atoms with Crippen molar-refractivity contribution in [1.82, 2.24) is 0 Å². The largest absolute Gasteiger partial charge is 3.00 e. The molecule has 0 fully saturated rings. The Hall–Kier alpha value is -4.25. The van der Waals surface area contributed by atoms with Crippen molar-refractivity contribution < 1.29 is 60.3 Å². The van der Waals surface area contributed by atoms with Gasteiger partial charge >= 0.3 is 26.2 Å². The topological polar surface area (TPSA) is 242 Å². The van der Waals surface area contributed by atoms with E-state index in [0.717, 1.165) is 36.4 Å². The molecular weight excluding hydrogens is 653 g/mol. The van der Waals surface area contributed by atoms with Crippen LogP contribution in [0.3, 0.4) is 0 Å². The molecule has 0 saturated carbocycles. The normalized spacial score (nSPS) is 9.18. The Labute approximate surface area is 210 Å². The Bertz CT molecular complexity index is 1030. The number of carbonyl (C=O) groups is 3. The predicted molar refractivity (Wildman–Crippen MR) is 108 cm³/mol. The van der Waals surface area contributed by atoms with Gasteiger partial charge in [-0.15, -0.1) is 0 Å². The van der Waals surface area contributed by atoms with Gasteiger partial charge in [-0.2, -0.15) is 0 Å². The summed E-state index contributed by atoms with van der Waals surface area (Å²) in [5.41, 5.74) is -1.24. The minimum absolute atomic E-state index is 0. The fourth-order valence-corrected chi connectivity index (χ4v) is 2.06. The Morgan fingerprint density at radius 1 is 0.471 bits per heavy atom. The smallest absolute Gasteiger partial charge is 0.545 e. The van der Waals surface area contributed by atoms with Gasteiger partial charge < -0.3 is 60.3 Å². The van der Waals surface area contributed by atoms with E-state index in [1.165, 1.54) is 18.2 Å². The van der Waals surface area contributed by atoms with E-state index in [2.05, 4.69) is 0 Å². The van der Waals surface area contributed by atoms with E-state index in [4.69, 9.17) is 30.6 Å². The number of rotatable bonds is 3. The van der Waals surface area contributed by atoms with Crippen LogP contribution >= 0.6 is 0 Å². The molecule has 0 atom stereocenters. The summed E-state index contributed by atoms with van der Waals surface area (Å²) >= 11 is 0. The number of hydrogen-bond acceptors (Lipinski definition) is 12. The van der Waals surface area contributed by atoms with Gasteiger partial charge in [0.25, 0.3) is 0 Å². The molecule has 3 rings (SSSR count). The number of carboxylic acid groups (broad SMARTS) is 3. The van der Waals surface area contributed by atoms with Crippen molar-refractivity contribution in [2.75, 3.05) is 0 Å². The van der Waals surface area contributed by atoms with E-state index in [-0.39, 0.29) is 43.5 Å². The van der Waals surface area contributed by atoms with Gasteiger partial charge in [0.15, 0.2) is 0 Å². The first-order valence-electron chi connectivity index (χ1n) is 8.53. The Kier molecular flexibility index (Phi) is 11.7. The van der Waals surface area contributed by atoms with E-state index in [1.807, 2.05) is 0 Å². The molecule has 13 heteroatoms. The predicted octanol–water partition coefficient (Wildman–Crippen LogP) is -2.00. The zero-order chi connectivity index (χ0) is 25.3. The summed E-state index contributed by atoms with van der Waals surface area (Å²) in [7, 11) is 0. The van der Waals surface area contributed by atoms with Gasteiger partial charge in [-0.05, 0) is 54.6 Å². The molecule has 3 aromatic rings. The van der Waals surface area contributed by atoms with Crippen molar-refractivity contribution in [2.45, 2.75) is 0 Å². The number of aromatic hydroxyl groups is 6. The van der Waals surface area contributed by atoms with Crippen LogP contribution < -0.4 is 15.3 Å². The van der Waals surface area contributed by atoms with Crippen LogP contribution in [0.1, 0.15) is 31.1 Å². The van der Waals surface area contributed by atoms with Crippen LogP contribution in [0.15, 0.2) is 54.6 Å². The second-order valence-electron chi connectivity index (χ2n) is 5.97. The maximum atomic E-state index is 10.2. The van der Waals surface area contributed by atoms with Crippen LogP contribution in [0.4, 0.5) is 0 Å².